The van der Waals surface area contributed by atoms with E-state index >= 15 is 0 Å². The van der Waals surface area contributed by atoms with Gasteiger partial charge in [0.15, 0.2) is 11.5 Å². The highest BCUT2D eigenvalue weighted by Gasteiger charge is 2.15. The molecular weight excluding hydrogens is 232 g/mol. The van der Waals surface area contributed by atoms with Gasteiger partial charge in [0.25, 0.3) is 5.91 Å². The van der Waals surface area contributed by atoms with E-state index in [0.717, 1.165) is 12.1 Å². The molecule has 2 heterocycles. The van der Waals surface area contributed by atoms with Gasteiger partial charge in [-0.25, -0.2) is 0 Å². The van der Waals surface area contributed by atoms with Gasteiger partial charge in [0.05, 0.1) is 6.20 Å². The Morgan fingerprint density at radius 2 is 2.17 bits per heavy atom. The normalized spacial score (nSPS) is 11.5. The molecule has 2 aromatic rings. The summed E-state index contributed by atoms with van der Waals surface area (Å²) in [6.07, 6.45) is 2.22. The number of nitrogens with zero attached hydrogens (tertiary/aromatic N) is 3. The summed E-state index contributed by atoms with van der Waals surface area (Å²) < 4.78 is 0. The molecule has 0 radical (unpaired) electrons. The van der Waals surface area contributed by atoms with E-state index < -0.39 is 0 Å². The van der Waals surface area contributed by atoms with Gasteiger partial charge in [-0.1, -0.05) is 20.8 Å². The predicted octanol–water partition coefficient (Wildman–Crippen LogP) is 1.37. The molecule has 7 heteroatoms. The molecule has 18 heavy (non-hydrogen) atoms. The Bertz CT molecular complexity index is 522. The quantitative estimate of drug-likeness (QED) is 0.763. The Hall–Kier alpha value is -2.18. The highest BCUT2D eigenvalue weighted by atomic mass is 16.2. The third-order valence-corrected chi connectivity index (χ3v) is 2.24. The van der Waals surface area contributed by atoms with E-state index in [4.69, 9.17) is 0 Å². The molecule has 0 atom stereocenters. The molecule has 0 saturated heterocycles. The molecule has 7 nitrogen and oxygen atoms in total. The summed E-state index contributed by atoms with van der Waals surface area (Å²) in [5.41, 5.74) is 1.38. The number of nitrogens with one attached hydrogen (secondary N) is 3. The molecule has 0 spiro atoms. The molecule has 0 saturated carbocycles. The van der Waals surface area contributed by atoms with Gasteiger partial charge >= 0.3 is 0 Å². The molecule has 0 unspecified atom stereocenters. The fraction of sp³-hybridized carbons (Fsp3) is 0.455. The predicted molar refractivity (Wildman–Crippen MR) is 66.1 cm³/mol. The van der Waals surface area contributed by atoms with Crippen LogP contribution in [0.1, 0.15) is 37.0 Å². The van der Waals surface area contributed by atoms with E-state index in [-0.39, 0.29) is 17.0 Å². The van der Waals surface area contributed by atoms with Gasteiger partial charge in [-0.05, 0) is 11.8 Å². The van der Waals surface area contributed by atoms with Gasteiger partial charge in [-0.3, -0.25) is 9.89 Å². The highest BCUT2D eigenvalue weighted by molar-refractivity contribution is 6.01. The van der Waals surface area contributed by atoms with Crippen LogP contribution in [0.4, 0.5) is 5.82 Å². The van der Waals surface area contributed by atoms with E-state index in [2.05, 4.69) is 51.7 Å². The molecular formula is C11H16N6O. The van der Waals surface area contributed by atoms with Crippen molar-refractivity contribution < 1.29 is 4.79 Å². The minimum atomic E-state index is -0.336. The van der Waals surface area contributed by atoms with Crippen LogP contribution in [0.25, 0.3) is 0 Å². The van der Waals surface area contributed by atoms with Crippen LogP contribution in [0, 0.1) is 5.41 Å². The van der Waals surface area contributed by atoms with Crippen LogP contribution in [-0.2, 0) is 6.42 Å². The zero-order chi connectivity index (χ0) is 13.2. The number of hydrogen-bond donors (Lipinski definition) is 3. The fourth-order valence-corrected chi connectivity index (χ4v) is 1.58. The summed E-state index contributed by atoms with van der Waals surface area (Å²) >= 11 is 0. The van der Waals surface area contributed by atoms with Crippen LogP contribution in [-0.4, -0.2) is 31.5 Å². The van der Waals surface area contributed by atoms with Gasteiger partial charge in [0.2, 0.25) is 0 Å². The summed E-state index contributed by atoms with van der Waals surface area (Å²) in [4.78, 5) is 11.7. The topological polar surface area (TPSA) is 99.3 Å². The van der Waals surface area contributed by atoms with Gasteiger partial charge in [-0.15, -0.1) is 0 Å². The minimum absolute atomic E-state index is 0.167. The smallest absolute Gasteiger partial charge is 0.279 e. The molecule has 0 aliphatic carbocycles. The third kappa shape index (κ3) is 3.16. The van der Waals surface area contributed by atoms with Gasteiger partial charge in [-0.2, -0.15) is 20.5 Å². The first kappa shape index (κ1) is 12.3. The lowest BCUT2D eigenvalue weighted by Gasteiger charge is -2.15. The number of carbonyl (C=O) groups excluding carboxylic acids is 1. The lowest BCUT2D eigenvalue weighted by atomic mass is 9.91. The molecule has 0 aliphatic rings. The van der Waals surface area contributed by atoms with Crippen molar-refractivity contribution in [2.24, 2.45) is 5.41 Å². The van der Waals surface area contributed by atoms with E-state index in [9.17, 15) is 4.79 Å². The second-order valence-electron chi connectivity index (χ2n) is 5.33. The summed E-state index contributed by atoms with van der Waals surface area (Å²) in [5.74, 6) is 0.153. The maximum Gasteiger partial charge on any atom is 0.279 e. The van der Waals surface area contributed by atoms with Gasteiger partial charge in [0.1, 0.15) is 0 Å². The fourth-order valence-electron chi connectivity index (χ4n) is 1.58. The van der Waals surface area contributed by atoms with Crippen molar-refractivity contribution in [1.82, 2.24) is 25.6 Å². The van der Waals surface area contributed by atoms with Crippen molar-refractivity contribution in [3.63, 3.8) is 0 Å². The molecule has 3 N–H and O–H groups in total. The Balaban J connectivity index is 2.01. The summed E-state index contributed by atoms with van der Waals surface area (Å²) in [6, 6.07) is 1.82. The highest BCUT2D eigenvalue weighted by Crippen LogP contribution is 2.20. The molecule has 0 aliphatic heterocycles. The first-order valence-corrected chi connectivity index (χ1v) is 5.65. The van der Waals surface area contributed by atoms with Crippen LogP contribution in [0.15, 0.2) is 12.3 Å². The monoisotopic (exact) mass is 248 g/mol. The Labute approximate surface area is 104 Å². The van der Waals surface area contributed by atoms with Crippen molar-refractivity contribution in [1.29, 1.82) is 0 Å². The van der Waals surface area contributed by atoms with E-state index in [0.29, 0.717) is 5.82 Å². The van der Waals surface area contributed by atoms with Crippen molar-refractivity contribution in [3.05, 3.63) is 23.7 Å². The maximum absolute atomic E-state index is 11.7. The zero-order valence-electron chi connectivity index (χ0n) is 10.6. The summed E-state index contributed by atoms with van der Waals surface area (Å²) in [6.45, 7) is 6.42. The second-order valence-corrected chi connectivity index (χ2v) is 5.33. The van der Waals surface area contributed by atoms with Crippen molar-refractivity contribution in [2.45, 2.75) is 27.2 Å². The lowest BCUT2D eigenvalue weighted by Crippen LogP contribution is -2.12. The zero-order valence-corrected chi connectivity index (χ0v) is 10.6. The van der Waals surface area contributed by atoms with E-state index in [1.165, 1.54) is 6.20 Å². The Morgan fingerprint density at radius 3 is 2.78 bits per heavy atom. The number of anilines is 1. The van der Waals surface area contributed by atoms with Crippen molar-refractivity contribution >= 4 is 11.7 Å². The number of aromatic nitrogens is 5. The van der Waals surface area contributed by atoms with E-state index in [1.807, 2.05) is 6.07 Å². The summed E-state index contributed by atoms with van der Waals surface area (Å²) in [5, 5.41) is 19.2. The molecule has 1 amide bonds. The first-order valence-electron chi connectivity index (χ1n) is 5.65. The average molecular weight is 248 g/mol. The number of carbonyl (C=O) groups is 1. The molecule has 0 fully saturated rings. The molecule has 0 bridgehead atoms. The van der Waals surface area contributed by atoms with Crippen LogP contribution < -0.4 is 5.32 Å². The third-order valence-electron chi connectivity index (χ3n) is 2.24. The molecule has 2 aromatic heterocycles. The number of aromatic amines is 2. The number of H-pyrrole nitrogens is 2. The Kier molecular flexibility index (Phi) is 3.14. The van der Waals surface area contributed by atoms with E-state index in [1.54, 1.807) is 0 Å². The number of amides is 1. The maximum atomic E-state index is 11.7. The van der Waals surface area contributed by atoms with Crippen molar-refractivity contribution in [2.75, 3.05) is 5.32 Å². The number of hydrogen-bond acceptors (Lipinski definition) is 4. The standard InChI is InChI=1S/C11H16N6O/c1-11(2,3)5-7-4-9(16-14-7)13-10(18)8-6-12-17-15-8/h4,6H,5H2,1-3H3,(H,12,15,17)(H2,13,14,16,18). The largest absolute Gasteiger partial charge is 0.304 e. The Morgan fingerprint density at radius 1 is 1.39 bits per heavy atom. The molecule has 96 valence electrons. The molecule has 0 aromatic carbocycles. The first-order chi connectivity index (χ1) is 8.44. The second kappa shape index (κ2) is 4.59. The SMILES string of the molecule is CC(C)(C)Cc1cc(NC(=O)c2cn[nH]n2)n[nH]1. The van der Waals surface area contributed by atoms with Gasteiger partial charge in [0, 0.05) is 11.8 Å². The van der Waals surface area contributed by atoms with Crippen LogP contribution in [0.5, 0.6) is 0 Å². The molecule has 2 rings (SSSR count). The average Bonchev–Trinajstić information content (AvgIpc) is 2.86. The van der Waals surface area contributed by atoms with Crippen LogP contribution in [0.2, 0.25) is 0 Å². The lowest BCUT2D eigenvalue weighted by molar-refractivity contribution is 0.102. The number of rotatable bonds is 3. The van der Waals surface area contributed by atoms with Crippen LogP contribution in [0.3, 0.4) is 0 Å². The van der Waals surface area contributed by atoms with Crippen LogP contribution >= 0.6 is 0 Å². The summed E-state index contributed by atoms with van der Waals surface area (Å²) in [7, 11) is 0. The minimum Gasteiger partial charge on any atom is -0.304 e. The van der Waals surface area contributed by atoms with Gasteiger partial charge < -0.3 is 5.32 Å². The van der Waals surface area contributed by atoms with Crippen molar-refractivity contribution in [3.8, 4) is 0 Å².